The summed E-state index contributed by atoms with van der Waals surface area (Å²) in [6.45, 7) is 0. The van der Waals surface area contributed by atoms with Gasteiger partial charge in [0.05, 0.1) is 12.4 Å². The fourth-order valence-electron chi connectivity index (χ4n) is 3.49. The standard InChI is InChI=1S/C14H22N4O/c15-11-5-4-10(8-11)14(19)17-12-2-1-3-13(12)18-7-6-16-9-18/h6-7,9-13H,1-5,8,15H2,(H,17,19). The molecule has 0 bridgehead atoms. The lowest BCUT2D eigenvalue weighted by Crippen LogP contribution is -2.41. The lowest BCUT2D eigenvalue weighted by molar-refractivity contribution is -0.125. The SMILES string of the molecule is NC1CCC(C(=O)NC2CCCC2n2ccnc2)C1. The van der Waals surface area contributed by atoms with Crippen LogP contribution in [-0.2, 0) is 4.79 Å². The molecule has 0 saturated heterocycles. The highest BCUT2D eigenvalue weighted by molar-refractivity contribution is 5.79. The molecular weight excluding hydrogens is 240 g/mol. The van der Waals surface area contributed by atoms with Crippen LogP contribution in [0.3, 0.4) is 0 Å². The summed E-state index contributed by atoms with van der Waals surface area (Å²) in [6.07, 6.45) is 11.7. The van der Waals surface area contributed by atoms with E-state index in [1.807, 2.05) is 12.5 Å². The van der Waals surface area contributed by atoms with Crippen molar-refractivity contribution in [2.24, 2.45) is 11.7 Å². The Hall–Kier alpha value is -1.36. The van der Waals surface area contributed by atoms with Crippen molar-refractivity contribution in [3.63, 3.8) is 0 Å². The summed E-state index contributed by atoms with van der Waals surface area (Å²) in [5.74, 6) is 0.323. The second-order valence-electron chi connectivity index (χ2n) is 5.89. The third kappa shape index (κ3) is 2.66. The predicted molar refractivity (Wildman–Crippen MR) is 72.4 cm³/mol. The number of nitrogens with zero attached hydrogens (tertiary/aromatic N) is 2. The molecule has 0 aliphatic heterocycles. The maximum atomic E-state index is 12.3. The lowest BCUT2D eigenvalue weighted by atomic mass is 10.1. The first kappa shape index (κ1) is 12.7. The van der Waals surface area contributed by atoms with Crippen LogP contribution in [0.4, 0.5) is 0 Å². The van der Waals surface area contributed by atoms with Gasteiger partial charge in [0.15, 0.2) is 0 Å². The number of rotatable bonds is 3. The van der Waals surface area contributed by atoms with Gasteiger partial charge in [0.2, 0.25) is 5.91 Å². The Morgan fingerprint density at radius 1 is 1.32 bits per heavy atom. The van der Waals surface area contributed by atoms with E-state index in [9.17, 15) is 4.79 Å². The number of nitrogens with two attached hydrogens (primary N) is 1. The molecule has 1 heterocycles. The molecule has 2 saturated carbocycles. The zero-order valence-corrected chi connectivity index (χ0v) is 11.2. The Balaban J connectivity index is 1.61. The van der Waals surface area contributed by atoms with Crippen LogP contribution in [0.2, 0.25) is 0 Å². The summed E-state index contributed by atoms with van der Waals surface area (Å²) in [7, 11) is 0. The monoisotopic (exact) mass is 262 g/mol. The molecule has 0 radical (unpaired) electrons. The summed E-state index contributed by atoms with van der Waals surface area (Å²) in [5.41, 5.74) is 5.88. The van der Waals surface area contributed by atoms with Gasteiger partial charge in [-0.1, -0.05) is 0 Å². The van der Waals surface area contributed by atoms with Crippen molar-refractivity contribution >= 4 is 5.91 Å². The number of carbonyl (C=O) groups is 1. The molecule has 3 N–H and O–H groups in total. The smallest absolute Gasteiger partial charge is 0.223 e. The van der Waals surface area contributed by atoms with E-state index < -0.39 is 0 Å². The molecular formula is C14H22N4O. The molecule has 1 aromatic heterocycles. The molecule has 2 aliphatic carbocycles. The van der Waals surface area contributed by atoms with Crippen molar-refractivity contribution in [1.82, 2.24) is 14.9 Å². The molecule has 104 valence electrons. The number of nitrogens with one attached hydrogen (secondary N) is 1. The van der Waals surface area contributed by atoms with E-state index in [-0.39, 0.29) is 23.9 Å². The van der Waals surface area contributed by atoms with Gasteiger partial charge in [0.1, 0.15) is 0 Å². The maximum Gasteiger partial charge on any atom is 0.223 e. The average Bonchev–Trinajstić information content (AvgIpc) is 3.07. The van der Waals surface area contributed by atoms with E-state index >= 15 is 0 Å². The minimum atomic E-state index is 0.124. The van der Waals surface area contributed by atoms with E-state index in [0.717, 1.165) is 38.5 Å². The largest absolute Gasteiger partial charge is 0.351 e. The van der Waals surface area contributed by atoms with Crippen LogP contribution in [0.1, 0.15) is 44.6 Å². The molecule has 0 spiro atoms. The van der Waals surface area contributed by atoms with Gasteiger partial charge in [-0.15, -0.1) is 0 Å². The summed E-state index contributed by atoms with van der Waals surface area (Å²) < 4.78 is 2.12. The normalized spacial score (nSPS) is 34.6. The fourth-order valence-corrected chi connectivity index (χ4v) is 3.49. The summed E-state index contributed by atoms with van der Waals surface area (Å²) >= 11 is 0. The van der Waals surface area contributed by atoms with Crippen molar-refractivity contribution in [3.8, 4) is 0 Å². The average molecular weight is 262 g/mol. The van der Waals surface area contributed by atoms with Gasteiger partial charge in [-0.25, -0.2) is 4.98 Å². The van der Waals surface area contributed by atoms with E-state index in [0.29, 0.717) is 6.04 Å². The van der Waals surface area contributed by atoms with Crippen molar-refractivity contribution in [3.05, 3.63) is 18.7 Å². The molecule has 1 amide bonds. The van der Waals surface area contributed by atoms with Crippen LogP contribution in [0.25, 0.3) is 0 Å². The van der Waals surface area contributed by atoms with Crippen LogP contribution in [-0.4, -0.2) is 27.5 Å². The second kappa shape index (κ2) is 5.33. The van der Waals surface area contributed by atoms with Gasteiger partial charge in [-0.2, -0.15) is 0 Å². The maximum absolute atomic E-state index is 12.3. The Bertz CT molecular complexity index is 431. The molecule has 0 aromatic carbocycles. The third-order valence-electron chi connectivity index (χ3n) is 4.56. The van der Waals surface area contributed by atoms with E-state index in [4.69, 9.17) is 5.73 Å². The molecule has 3 rings (SSSR count). The third-order valence-corrected chi connectivity index (χ3v) is 4.56. The van der Waals surface area contributed by atoms with Gasteiger partial charge in [0.25, 0.3) is 0 Å². The van der Waals surface area contributed by atoms with Crippen molar-refractivity contribution in [2.75, 3.05) is 0 Å². The number of hydrogen-bond acceptors (Lipinski definition) is 3. The van der Waals surface area contributed by atoms with Crippen molar-refractivity contribution in [2.45, 2.75) is 56.7 Å². The van der Waals surface area contributed by atoms with Crippen LogP contribution in [0.15, 0.2) is 18.7 Å². The number of imidazole rings is 1. The van der Waals surface area contributed by atoms with Crippen LogP contribution in [0.5, 0.6) is 0 Å². The van der Waals surface area contributed by atoms with Gasteiger partial charge in [-0.05, 0) is 38.5 Å². The summed E-state index contributed by atoms with van der Waals surface area (Å²) in [5, 5.41) is 3.24. The fraction of sp³-hybridized carbons (Fsp3) is 0.714. The van der Waals surface area contributed by atoms with Crippen molar-refractivity contribution < 1.29 is 4.79 Å². The van der Waals surface area contributed by atoms with Crippen LogP contribution < -0.4 is 11.1 Å². The minimum Gasteiger partial charge on any atom is -0.351 e. The Kier molecular flexibility index (Phi) is 3.55. The molecule has 4 unspecified atom stereocenters. The number of carbonyl (C=O) groups excluding carboxylic acids is 1. The second-order valence-corrected chi connectivity index (χ2v) is 5.89. The Morgan fingerprint density at radius 3 is 2.89 bits per heavy atom. The van der Waals surface area contributed by atoms with Gasteiger partial charge in [-0.3, -0.25) is 4.79 Å². The van der Waals surface area contributed by atoms with E-state index in [1.54, 1.807) is 6.20 Å². The zero-order valence-electron chi connectivity index (χ0n) is 11.2. The van der Waals surface area contributed by atoms with Crippen LogP contribution in [0, 0.1) is 5.92 Å². The minimum absolute atomic E-state index is 0.124. The van der Waals surface area contributed by atoms with E-state index in [1.165, 1.54) is 0 Å². The molecule has 5 nitrogen and oxygen atoms in total. The predicted octanol–water partition coefficient (Wildman–Crippen LogP) is 1.22. The van der Waals surface area contributed by atoms with Gasteiger partial charge < -0.3 is 15.6 Å². The quantitative estimate of drug-likeness (QED) is 0.860. The Labute approximate surface area is 113 Å². The highest BCUT2D eigenvalue weighted by Gasteiger charge is 2.33. The van der Waals surface area contributed by atoms with Gasteiger partial charge >= 0.3 is 0 Å². The van der Waals surface area contributed by atoms with E-state index in [2.05, 4.69) is 14.9 Å². The number of aromatic nitrogens is 2. The molecule has 1 aromatic rings. The van der Waals surface area contributed by atoms with Crippen molar-refractivity contribution in [1.29, 1.82) is 0 Å². The number of amides is 1. The number of hydrogen-bond donors (Lipinski definition) is 2. The molecule has 2 fully saturated rings. The highest BCUT2D eigenvalue weighted by Crippen LogP contribution is 2.31. The van der Waals surface area contributed by atoms with Crippen LogP contribution >= 0.6 is 0 Å². The molecule has 4 atom stereocenters. The molecule has 19 heavy (non-hydrogen) atoms. The zero-order chi connectivity index (χ0) is 13.2. The lowest BCUT2D eigenvalue weighted by Gasteiger charge is -2.23. The first-order valence-electron chi connectivity index (χ1n) is 7.27. The van der Waals surface area contributed by atoms with Gasteiger partial charge in [0, 0.05) is 30.4 Å². The highest BCUT2D eigenvalue weighted by atomic mass is 16.2. The Morgan fingerprint density at radius 2 is 2.21 bits per heavy atom. The topological polar surface area (TPSA) is 72.9 Å². The molecule has 2 aliphatic rings. The molecule has 5 heteroatoms. The summed E-state index contributed by atoms with van der Waals surface area (Å²) in [6, 6.07) is 0.823. The first-order chi connectivity index (χ1) is 9.24. The summed E-state index contributed by atoms with van der Waals surface area (Å²) in [4.78, 5) is 16.4. The first-order valence-corrected chi connectivity index (χ1v) is 7.27.